The van der Waals surface area contributed by atoms with Gasteiger partial charge < -0.3 is 6.33 Å². The van der Waals surface area contributed by atoms with Crippen LogP contribution in [0.2, 0.25) is 0 Å². The van der Waals surface area contributed by atoms with Gasteiger partial charge in [0.25, 0.3) is 0 Å². The maximum Gasteiger partial charge on any atom is 1.00 e. The number of rotatable bonds is 1. The summed E-state index contributed by atoms with van der Waals surface area (Å²) >= 11 is 0. The quantitative estimate of drug-likeness (QED) is 0.671. The van der Waals surface area contributed by atoms with Crippen LogP contribution in [-0.4, -0.2) is 11.1 Å². The Hall–Kier alpha value is 0.0200. The van der Waals surface area contributed by atoms with E-state index in [9.17, 15) is 0 Å². The molecule has 1 fully saturated rings. The molecular formula is C15H24NNa. The number of benzene rings is 1. The van der Waals surface area contributed by atoms with Crippen molar-refractivity contribution in [3.63, 3.8) is 0 Å². The van der Waals surface area contributed by atoms with Crippen LogP contribution < -0.4 is 34.5 Å². The van der Waals surface area contributed by atoms with E-state index in [0.29, 0.717) is 0 Å². The molecule has 0 spiro atoms. The summed E-state index contributed by atoms with van der Waals surface area (Å²) in [5.74, 6) is 0. The standard InChI is InChI=1S/C15H23N.Na.H/c1-14(2)11-8-12-15(3,4)16(14)13-9-6-5-7-10-13;;/h5-7,9-10H,8,11-12H2,1-4H3;;/q;+1;-1. The van der Waals surface area contributed by atoms with Crippen LogP contribution in [0.4, 0.5) is 5.69 Å². The van der Waals surface area contributed by atoms with Gasteiger partial charge in [-0.3, -0.25) is 0 Å². The van der Waals surface area contributed by atoms with E-state index in [1.54, 1.807) is 0 Å². The van der Waals surface area contributed by atoms with Crippen molar-refractivity contribution in [3.8, 4) is 0 Å². The fraction of sp³-hybridized carbons (Fsp3) is 0.600. The third-order valence-electron chi connectivity index (χ3n) is 3.80. The number of nitrogens with zero attached hydrogens (tertiary/aromatic N) is 1. The van der Waals surface area contributed by atoms with Crippen molar-refractivity contribution in [2.24, 2.45) is 0 Å². The summed E-state index contributed by atoms with van der Waals surface area (Å²) in [4.78, 5) is 2.60. The Morgan fingerprint density at radius 1 is 0.941 bits per heavy atom. The molecule has 0 saturated carbocycles. The van der Waals surface area contributed by atoms with Crippen LogP contribution in [-0.2, 0) is 0 Å². The smallest absolute Gasteiger partial charge is 1.00 e. The largest absolute Gasteiger partial charge is 1.00 e. The van der Waals surface area contributed by atoms with Crippen LogP contribution in [0.25, 0.3) is 0 Å². The Morgan fingerprint density at radius 2 is 1.41 bits per heavy atom. The van der Waals surface area contributed by atoms with Gasteiger partial charge in [-0.2, -0.15) is 0 Å². The molecule has 1 heterocycles. The van der Waals surface area contributed by atoms with Crippen molar-refractivity contribution >= 4 is 5.69 Å². The van der Waals surface area contributed by atoms with E-state index in [1.807, 2.05) is 0 Å². The van der Waals surface area contributed by atoms with E-state index in [1.165, 1.54) is 24.9 Å². The summed E-state index contributed by atoms with van der Waals surface area (Å²) in [5, 5.41) is 0. The molecular weight excluding hydrogens is 217 g/mol. The SMILES string of the molecule is CC1(C)CCCC(C)(C)N1c1ccccc1.[H-].[Na+]. The molecule has 1 aromatic rings. The Labute approximate surface area is 129 Å². The van der Waals surface area contributed by atoms with E-state index < -0.39 is 0 Å². The molecule has 0 unspecified atom stereocenters. The minimum atomic E-state index is 0. The van der Waals surface area contributed by atoms with Gasteiger partial charge in [-0.15, -0.1) is 0 Å². The first-order valence-electron chi connectivity index (χ1n) is 6.29. The minimum absolute atomic E-state index is 0. The molecule has 90 valence electrons. The minimum Gasteiger partial charge on any atom is -1.00 e. The van der Waals surface area contributed by atoms with Gasteiger partial charge >= 0.3 is 29.6 Å². The third-order valence-corrected chi connectivity index (χ3v) is 3.80. The second kappa shape index (κ2) is 5.34. The van der Waals surface area contributed by atoms with Gasteiger partial charge in [-0.1, -0.05) is 18.2 Å². The Morgan fingerprint density at radius 3 is 1.88 bits per heavy atom. The molecule has 1 saturated heterocycles. The van der Waals surface area contributed by atoms with Crippen LogP contribution in [0, 0.1) is 0 Å². The maximum atomic E-state index is 2.60. The second-order valence-electron chi connectivity index (χ2n) is 6.15. The number of para-hydroxylation sites is 1. The predicted molar refractivity (Wildman–Crippen MR) is 72.0 cm³/mol. The average Bonchev–Trinajstić information content (AvgIpc) is 2.16. The van der Waals surface area contributed by atoms with Crippen LogP contribution >= 0.6 is 0 Å². The van der Waals surface area contributed by atoms with Crippen molar-refractivity contribution in [3.05, 3.63) is 30.3 Å². The van der Waals surface area contributed by atoms with Gasteiger partial charge in [0, 0.05) is 16.8 Å². The normalized spacial score (nSPS) is 21.8. The zero-order chi connectivity index (χ0) is 11.8. The number of anilines is 1. The number of hydrogen-bond donors (Lipinski definition) is 0. The summed E-state index contributed by atoms with van der Waals surface area (Å²) in [5.41, 5.74) is 1.89. The fourth-order valence-corrected chi connectivity index (χ4v) is 3.27. The van der Waals surface area contributed by atoms with Crippen LogP contribution in [0.15, 0.2) is 30.3 Å². The molecule has 1 aromatic carbocycles. The van der Waals surface area contributed by atoms with Gasteiger partial charge in [0.05, 0.1) is 0 Å². The van der Waals surface area contributed by atoms with Gasteiger partial charge in [0.1, 0.15) is 0 Å². The molecule has 0 atom stereocenters. The summed E-state index contributed by atoms with van der Waals surface area (Å²) < 4.78 is 0. The monoisotopic (exact) mass is 241 g/mol. The molecule has 1 nitrogen and oxygen atoms in total. The van der Waals surface area contributed by atoms with Crippen molar-refractivity contribution in [1.29, 1.82) is 0 Å². The van der Waals surface area contributed by atoms with E-state index in [4.69, 9.17) is 0 Å². The third kappa shape index (κ3) is 3.07. The molecule has 0 bridgehead atoms. The van der Waals surface area contributed by atoms with E-state index in [0.717, 1.165) is 0 Å². The molecule has 0 radical (unpaired) electrons. The Balaban J connectivity index is 0.00000144. The zero-order valence-electron chi connectivity index (χ0n) is 13.0. The van der Waals surface area contributed by atoms with Gasteiger partial charge in [0.15, 0.2) is 0 Å². The number of hydrogen-bond acceptors (Lipinski definition) is 1. The molecule has 0 aliphatic carbocycles. The van der Waals surface area contributed by atoms with Gasteiger partial charge in [0.2, 0.25) is 0 Å². The van der Waals surface area contributed by atoms with Gasteiger partial charge in [-0.05, 0) is 59.1 Å². The molecule has 1 aliphatic rings. The summed E-state index contributed by atoms with van der Waals surface area (Å²) in [6, 6.07) is 10.8. The number of piperidine rings is 1. The van der Waals surface area contributed by atoms with Crippen molar-refractivity contribution < 1.29 is 31.0 Å². The van der Waals surface area contributed by atoms with E-state index in [2.05, 4.69) is 62.9 Å². The average molecular weight is 241 g/mol. The molecule has 2 heteroatoms. The zero-order valence-corrected chi connectivity index (χ0v) is 14.0. The summed E-state index contributed by atoms with van der Waals surface area (Å²) in [7, 11) is 0. The first-order valence-corrected chi connectivity index (χ1v) is 6.29. The summed E-state index contributed by atoms with van der Waals surface area (Å²) in [6.07, 6.45) is 3.90. The summed E-state index contributed by atoms with van der Waals surface area (Å²) in [6.45, 7) is 9.45. The van der Waals surface area contributed by atoms with E-state index >= 15 is 0 Å². The first-order chi connectivity index (χ1) is 7.43. The molecule has 17 heavy (non-hydrogen) atoms. The molecule has 0 aromatic heterocycles. The van der Waals surface area contributed by atoms with Crippen molar-refractivity contribution in [2.75, 3.05) is 4.90 Å². The predicted octanol–water partition coefficient (Wildman–Crippen LogP) is 1.35. The maximum absolute atomic E-state index is 2.60. The van der Waals surface area contributed by atoms with Crippen LogP contribution in [0.3, 0.4) is 0 Å². The fourth-order valence-electron chi connectivity index (χ4n) is 3.27. The van der Waals surface area contributed by atoms with Crippen LogP contribution in [0.5, 0.6) is 0 Å². The topological polar surface area (TPSA) is 3.24 Å². The Bertz CT molecular complexity index is 346. The first kappa shape index (κ1) is 15.1. The van der Waals surface area contributed by atoms with Crippen molar-refractivity contribution in [2.45, 2.75) is 58.0 Å². The van der Waals surface area contributed by atoms with Crippen molar-refractivity contribution in [1.82, 2.24) is 0 Å². The van der Waals surface area contributed by atoms with Gasteiger partial charge in [-0.25, -0.2) is 0 Å². The molecule has 2 rings (SSSR count). The second-order valence-corrected chi connectivity index (χ2v) is 6.15. The van der Waals surface area contributed by atoms with E-state index in [-0.39, 0.29) is 42.1 Å². The molecule has 1 aliphatic heterocycles. The molecule has 0 amide bonds. The Kier molecular flexibility index (Phi) is 4.73. The molecule has 0 N–H and O–H groups in total. The van der Waals surface area contributed by atoms with Crippen LogP contribution in [0.1, 0.15) is 48.4 Å².